The van der Waals surface area contributed by atoms with Crippen LogP contribution in [0.15, 0.2) is 55.1 Å². The van der Waals surface area contributed by atoms with Gasteiger partial charge in [-0.25, -0.2) is 29.1 Å². The molecule has 4 aromatic rings. The van der Waals surface area contributed by atoms with Crippen LogP contribution in [0.5, 0.6) is 0 Å². The molecule has 0 radical (unpaired) electrons. The number of aliphatic carboxylic acids is 4. The number of aryl methyl sites for hydroxylation is 2. The van der Waals surface area contributed by atoms with Gasteiger partial charge in [-0.3, -0.25) is 4.98 Å². The lowest BCUT2D eigenvalue weighted by Gasteiger charge is -2.31. The first kappa shape index (κ1) is 54.2. The molecule has 6 bridgehead atoms. The van der Waals surface area contributed by atoms with Crippen LogP contribution in [0, 0.1) is 0 Å². The summed E-state index contributed by atoms with van der Waals surface area (Å²) in [6.07, 6.45) is -9.81. The monoisotopic (exact) mass is 970 g/mol. The first-order valence-electron chi connectivity index (χ1n) is 17.3. The van der Waals surface area contributed by atoms with Crippen molar-refractivity contribution in [2.45, 2.75) is 56.4 Å². The number of pyridine rings is 1. The molecule has 2 aliphatic heterocycles. The molecule has 0 atom stereocenters. The molecular weight excluding hydrogens is 940 g/mol. The fourth-order valence-electron chi connectivity index (χ4n) is 4.59. The van der Waals surface area contributed by atoms with Gasteiger partial charge in [0.2, 0.25) is 11.9 Å². The number of carboxylic acid groups (broad SMARTS) is 4. The molecule has 1 fully saturated rings. The number of nitrogens with one attached hydrogen (secondary N) is 3. The minimum Gasteiger partial charge on any atom is -0.475 e. The van der Waals surface area contributed by atoms with Crippen molar-refractivity contribution in [3.05, 3.63) is 71.3 Å². The van der Waals surface area contributed by atoms with Crippen LogP contribution in [-0.2, 0) is 32.0 Å². The maximum atomic E-state index is 10.6. The Balaban J connectivity index is 0.000000421. The number of hydrogen-bond acceptors (Lipinski definition) is 14. The zero-order valence-electron chi connectivity index (χ0n) is 32.1. The molecule has 2 aliphatic rings. The van der Waals surface area contributed by atoms with Gasteiger partial charge in [0.25, 0.3) is 0 Å². The molecular formula is C34H31ClF12N10O8. The number of alkyl halides is 12. The van der Waals surface area contributed by atoms with Crippen LogP contribution in [0.1, 0.15) is 24.0 Å². The van der Waals surface area contributed by atoms with Gasteiger partial charge in [-0.1, -0.05) is 11.6 Å². The molecule has 0 unspecified atom stereocenters. The lowest BCUT2D eigenvalue weighted by atomic mass is 10.0. The van der Waals surface area contributed by atoms with Crippen molar-refractivity contribution in [2.24, 2.45) is 5.73 Å². The van der Waals surface area contributed by atoms with Crippen LogP contribution in [0.25, 0.3) is 0 Å². The summed E-state index contributed by atoms with van der Waals surface area (Å²) in [7, 11) is 0. The van der Waals surface area contributed by atoms with E-state index in [1.54, 1.807) is 18.6 Å². The highest BCUT2D eigenvalue weighted by atomic mass is 35.5. The van der Waals surface area contributed by atoms with E-state index in [4.69, 9.17) is 61.9 Å². The van der Waals surface area contributed by atoms with Crippen LogP contribution >= 0.6 is 11.6 Å². The number of hydrogen-bond donors (Lipinski definition) is 8. The molecule has 1 saturated heterocycles. The van der Waals surface area contributed by atoms with Gasteiger partial charge < -0.3 is 47.0 Å². The molecule has 0 saturated carbocycles. The summed E-state index contributed by atoms with van der Waals surface area (Å²) in [5.41, 5.74) is 10.9. The largest absolute Gasteiger partial charge is 0.490 e. The van der Waals surface area contributed by atoms with Crippen molar-refractivity contribution >= 4 is 76.1 Å². The van der Waals surface area contributed by atoms with E-state index in [1.165, 1.54) is 0 Å². The second-order valence-corrected chi connectivity index (χ2v) is 12.9. The van der Waals surface area contributed by atoms with Gasteiger partial charge in [0.15, 0.2) is 5.82 Å². The Morgan fingerprint density at radius 3 is 1.72 bits per heavy atom. The standard InChI is InChI=1S/C26H27ClN10.4C2HF3O2/c27-21-15-31-26-33-20-11-16(13-29-14-20)1-2-17-12-19(32-24(21)36-26)3-4-22(17)34-25-30-8-5-23(35-25)37-9-6-18(28)7-10-37;4*3-2(4,5)1(6)7/h3-5,8,11-15,18H,1-2,6-7,9-10,28H2,(H,30,34,35)(H2,31,32,33,36);4*(H,6,7). The van der Waals surface area contributed by atoms with E-state index in [0.717, 1.165) is 72.8 Å². The Kier molecular flexibility index (Phi) is 19.2. The van der Waals surface area contributed by atoms with Crippen molar-refractivity contribution in [3.8, 4) is 0 Å². The summed E-state index contributed by atoms with van der Waals surface area (Å²) in [6, 6.07) is 10.4. The molecule has 1 aromatic carbocycles. The Hall–Kier alpha value is -6.98. The first-order valence-corrected chi connectivity index (χ1v) is 17.7. The number of anilines is 7. The predicted octanol–water partition coefficient (Wildman–Crippen LogP) is 7.11. The molecule has 356 valence electrons. The van der Waals surface area contributed by atoms with Crippen LogP contribution in [0.3, 0.4) is 0 Å². The smallest absolute Gasteiger partial charge is 0.475 e. The summed E-state index contributed by atoms with van der Waals surface area (Å²) in [5.74, 6) is -8.60. The lowest BCUT2D eigenvalue weighted by Crippen LogP contribution is -2.40. The number of halogens is 13. The van der Waals surface area contributed by atoms with Crippen LogP contribution in [0.2, 0.25) is 5.02 Å². The summed E-state index contributed by atoms with van der Waals surface area (Å²) < 4.78 is 127. The van der Waals surface area contributed by atoms with E-state index in [1.807, 2.05) is 24.4 Å². The number of rotatable bonds is 3. The molecule has 0 aliphatic carbocycles. The molecule has 18 nitrogen and oxygen atoms in total. The second kappa shape index (κ2) is 23.1. The molecule has 3 aromatic heterocycles. The van der Waals surface area contributed by atoms with Gasteiger partial charge in [0.1, 0.15) is 10.8 Å². The first-order chi connectivity index (χ1) is 29.9. The van der Waals surface area contributed by atoms with Crippen molar-refractivity contribution in [1.29, 1.82) is 0 Å². The highest BCUT2D eigenvalue weighted by Crippen LogP contribution is 2.31. The molecule has 9 N–H and O–H groups in total. The maximum Gasteiger partial charge on any atom is 0.490 e. The van der Waals surface area contributed by atoms with Gasteiger partial charge in [-0.15, -0.1) is 0 Å². The summed E-state index contributed by atoms with van der Waals surface area (Å²) in [6.45, 7) is 1.80. The number of carbonyl (C=O) groups is 4. The number of fused-ring (bicyclic) bond motifs is 6. The van der Waals surface area contributed by atoms with Gasteiger partial charge >= 0.3 is 48.6 Å². The summed E-state index contributed by atoms with van der Waals surface area (Å²) in [4.78, 5) is 60.4. The van der Waals surface area contributed by atoms with Gasteiger partial charge in [0, 0.05) is 42.9 Å². The number of piperidine rings is 1. The highest BCUT2D eigenvalue weighted by molar-refractivity contribution is 6.32. The van der Waals surface area contributed by atoms with E-state index in [0.29, 0.717) is 22.7 Å². The number of nitrogens with zero attached hydrogens (tertiary/aromatic N) is 6. The van der Waals surface area contributed by atoms with Gasteiger partial charge in [0.05, 0.1) is 18.1 Å². The third kappa shape index (κ3) is 19.5. The third-order valence-electron chi connectivity index (χ3n) is 7.57. The Morgan fingerprint density at radius 2 is 1.22 bits per heavy atom. The minimum absolute atomic E-state index is 0.269. The number of nitrogens with two attached hydrogens (primary N) is 1. The number of carboxylic acids is 4. The Bertz CT molecular complexity index is 2170. The normalized spacial score (nSPS) is 13.7. The van der Waals surface area contributed by atoms with Gasteiger partial charge in [-0.05, 0) is 67.1 Å². The van der Waals surface area contributed by atoms with Gasteiger partial charge in [-0.2, -0.15) is 62.7 Å². The summed E-state index contributed by atoms with van der Waals surface area (Å²) >= 11 is 6.39. The van der Waals surface area contributed by atoms with E-state index in [9.17, 15) is 52.7 Å². The Labute approximate surface area is 360 Å². The van der Waals surface area contributed by atoms with Crippen molar-refractivity contribution in [3.63, 3.8) is 0 Å². The fourth-order valence-corrected chi connectivity index (χ4v) is 4.73. The minimum atomic E-state index is -5.08. The highest BCUT2D eigenvalue weighted by Gasteiger charge is 2.40. The van der Waals surface area contributed by atoms with E-state index >= 15 is 0 Å². The molecule has 6 rings (SSSR count). The third-order valence-corrected chi connectivity index (χ3v) is 7.84. The quantitative estimate of drug-likeness (QED) is 0.0950. The summed E-state index contributed by atoms with van der Waals surface area (Å²) in [5, 5.41) is 38.9. The SMILES string of the molecule is NC1CCN(c2ccnc(Nc3ccc4cc3CCc3cncc(c3)Nc3ncc(Cl)c(n3)N4)n2)CC1.O=C(O)C(F)(F)F.O=C(O)C(F)(F)F.O=C(O)C(F)(F)F.O=C(O)C(F)(F)F. The van der Waals surface area contributed by atoms with E-state index < -0.39 is 48.6 Å². The zero-order valence-corrected chi connectivity index (χ0v) is 32.9. The van der Waals surface area contributed by atoms with E-state index in [2.05, 4.69) is 52.9 Å². The second-order valence-electron chi connectivity index (χ2n) is 12.5. The maximum absolute atomic E-state index is 10.6. The lowest BCUT2D eigenvalue weighted by molar-refractivity contribution is -0.193. The van der Waals surface area contributed by atoms with Crippen LogP contribution < -0.4 is 26.6 Å². The molecule has 31 heteroatoms. The molecule has 0 amide bonds. The average molecular weight is 971 g/mol. The topological polar surface area (TPSA) is 279 Å². The van der Waals surface area contributed by atoms with Crippen molar-refractivity contribution < 1.29 is 92.3 Å². The van der Waals surface area contributed by atoms with Crippen molar-refractivity contribution in [1.82, 2.24) is 24.9 Å². The van der Waals surface area contributed by atoms with Crippen LogP contribution in [0.4, 0.5) is 93.3 Å². The zero-order chi connectivity index (χ0) is 49.5. The van der Waals surface area contributed by atoms with Crippen molar-refractivity contribution in [2.75, 3.05) is 33.9 Å². The molecule has 0 spiro atoms. The number of aromatic nitrogens is 5. The molecule has 5 heterocycles. The van der Waals surface area contributed by atoms with E-state index in [-0.39, 0.29) is 6.04 Å². The number of benzene rings is 1. The molecule has 65 heavy (non-hydrogen) atoms. The Morgan fingerprint density at radius 1 is 0.692 bits per heavy atom. The average Bonchev–Trinajstić information content (AvgIpc) is 3.19. The fraction of sp³-hybridized carbons (Fsp3) is 0.324. The predicted molar refractivity (Wildman–Crippen MR) is 201 cm³/mol. The van der Waals surface area contributed by atoms with Crippen LogP contribution in [-0.4, -0.2) is 113 Å².